The number of nitrogens with one attached hydrogen (secondary N) is 1. The summed E-state index contributed by atoms with van der Waals surface area (Å²) in [4.78, 5) is 14.3. The van der Waals surface area contributed by atoms with Crippen molar-refractivity contribution >= 4 is 29.9 Å². The lowest BCUT2D eigenvalue weighted by Crippen LogP contribution is -2.32. The van der Waals surface area contributed by atoms with Crippen molar-refractivity contribution in [1.29, 1.82) is 0 Å². The van der Waals surface area contributed by atoms with Crippen LogP contribution in [0.15, 0.2) is 36.4 Å². The van der Waals surface area contributed by atoms with E-state index in [0.717, 1.165) is 38.2 Å². The number of rotatable bonds is 6. The molecule has 0 unspecified atom stereocenters. The van der Waals surface area contributed by atoms with E-state index in [1.165, 1.54) is 5.56 Å². The number of aromatic nitrogens is 2. The molecule has 1 aliphatic heterocycles. The number of aliphatic hydroxyl groups excluding tert-OH is 1. The molecule has 0 bridgehead atoms. The molecule has 1 aromatic carbocycles. The minimum Gasteiger partial charge on any atom is -0.395 e. The van der Waals surface area contributed by atoms with Gasteiger partial charge in [-0.25, -0.2) is 0 Å². The van der Waals surface area contributed by atoms with Crippen LogP contribution in [0.25, 0.3) is 0 Å². The van der Waals surface area contributed by atoms with Gasteiger partial charge in [-0.3, -0.25) is 9.69 Å². The molecule has 3 rings (SSSR count). The van der Waals surface area contributed by atoms with Gasteiger partial charge in [-0.05, 0) is 55.8 Å². The second kappa shape index (κ2) is 10.6. The summed E-state index contributed by atoms with van der Waals surface area (Å²) in [6.45, 7) is 3.11. The third-order valence-electron chi connectivity index (χ3n) is 4.68. The van der Waals surface area contributed by atoms with Gasteiger partial charge in [-0.1, -0.05) is 23.7 Å². The largest absolute Gasteiger partial charge is 0.395 e. The maximum absolute atomic E-state index is 11.8. The summed E-state index contributed by atoms with van der Waals surface area (Å²) in [5.41, 5.74) is 2.82. The van der Waals surface area contributed by atoms with Crippen molar-refractivity contribution in [2.24, 2.45) is 0 Å². The zero-order valence-electron chi connectivity index (χ0n) is 15.0. The molecule has 27 heavy (non-hydrogen) atoms. The van der Waals surface area contributed by atoms with Crippen molar-refractivity contribution < 1.29 is 9.90 Å². The van der Waals surface area contributed by atoms with Crippen LogP contribution in [0.3, 0.4) is 0 Å². The van der Waals surface area contributed by atoms with Crippen LogP contribution in [0.4, 0.5) is 0 Å². The number of benzene rings is 1. The van der Waals surface area contributed by atoms with Crippen molar-refractivity contribution in [2.45, 2.75) is 25.3 Å². The Kier molecular flexibility index (Phi) is 8.44. The first-order valence-electron chi connectivity index (χ1n) is 8.85. The van der Waals surface area contributed by atoms with Gasteiger partial charge in [0.1, 0.15) is 0 Å². The minimum absolute atomic E-state index is 0. The Labute approximate surface area is 170 Å². The van der Waals surface area contributed by atoms with Crippen molar-refractivity contribution in [3.05, 3.63) is 58.4 Å². The van der Waals surface area contributed by atoms with Crippen LogP contribution in [0, 0.1) is 0 Å². The molecule has 1 aromatic heterocycles. The summed E-state index contributed by atoms with van der Waals surface area (Å²) in [7, 11) is 0. The summed E-state index contributed by atoms with van der Waals surface area (Å²) in [6.07, 6.45) is 2.11. The van der Waals surface area contributed by atoms with E-state index in [-0.39, 0.29) is 31.5 Å². The number of nitrogens with zero attached hydrogens (tertiary/aromatic N) is 3. The third kappa shape index (κ3) is 6.14. The maximum Gasteiger partial charge on any atom is 0.251 e. The average Bonchev–Trinajstić information content (AvgIpc) is 2.68. The molecular weight excluding hydrogens is 387 g/mol. The summed E-state index contributed by atoms with van der Waals surface area (Å²) in [5.74, 6) is 0.282. The molecule has 146 valence electrons. The Morgan fingerprint density at radius 3 is 2.44 bits per heavy atom. The molecule has 2 N–H and O–H groups in total. The Hall–Kier alpha value is -1.73. The Morgan fingerprint density at radius 1 is 1.15 bits per heavy atom. The van der Waals surface area contributed by atoms with Gasteiger partial charge in [0, 0.05) is 24.6 Å². The molecule has 1 saturated heterocycles. The maximum atomic E-state index is 11.8. The first-order chi connectivity index (χ1) is 12.7. The lowest BCUT2D eigenvalue weighted by molar-refractivity contribution is 0.0944. The molecule has 0 radical (unpaired) electrons. The molecule has 1 aliphatic rings. The molecule has 0 aliphatic carbocycles. The van der Waals surface area contributed by atoms with Gasteiger partial charge in [0.2, 0.25) is 0 Å². The fourth-order valence-corrected chi connectivity index (χ4v) is 3.32. The van der Waals surface area contributed by atoms with Crippen LogP contribution in [0.2, 0.25) is 5.15 Å². The first-order valence-corrected chi connectivity index (χ1v) is 9.23. The average molecular weight is 411 g/mol. The molecule has 6 nitrogen and oxygen atoms in total. The van der Waals surface area contributed by atoms with Gasteiger partial charge >= 0.3 is 0 Å². The van der Waals surface area contributed by atoms with Gasteiger partial charge in [-0.2, -0.15) is 5.10 Å². The molecule has 2 heterocycles. The highest BCUT2D eigenvalue weighted by atomic mass is 35.5. The molecule has 0 spiro atoms. The lowest BCUT2D eigenvalue weighted by atomic mass is 9.93. The number of carbonyl (C=O) groups is 1. The monoisotopic (exact) mass is 410 g/mol. The van der Waals surface area contributed by atoms with E-state index in [0.29, 0.717) is 16.6 Å². The van der Waals surface area contributed by atoms with E-state index in [1.54, 1.807) is 6.07 Å². The normalized spacial score (nSPS) is 15.2. The highest BCUT2D eigenvalue weighted by Crippen LogP contribution is 2.27. The minimum atomic E-state index is -0.157. The fourth-order valence-electron chi connectivity index (χ4n) is 3.22. The van der Waals surface area contributed by atoms with Gasteiger partial charge in [-0.15, -0.1) is 17.5 Å². The summed E-state index contributed by atoms with van der Waals surface area (Å²) < 4.78 is 0. The van der Waals surface area contributed by atoms with Gasteiger partial charge in [0.25, 0.3) is 5.91 Å². The van der Waals surface area contributed by atoms with Crippen LogP contribution >= 0.6 is 24.0 Å². The van der Waals surface area contributed by atoms with Crippen molar-refractivity contribution in [1.82, 2.24) is 20.4 Å². The predicted molar refractivity (Wildman–Crippen MR) is 107 cm³/mol. The number of carbonyl (C=O) groups excluding carboxylic acids is 1. The van der Waals surface area contributed by atoms with Gasteiger partial charge in [0.15, 0.2) is 5.15 Å². The molecule has 1 fully saturated rings. The van der Waals surface area contributed by atoms with E-state index in [1.807, 2.05) is 30.3 Å². The van der Waals surface area contributed by atoms with Crippen LogP contribution < -0.4 is 5.32 Å². The Bertz CT molecular complexity index is 717. The number of piperidine rings is 1. The highest BCUT2D eigenvalue weighted by molar-refractivity contribution is 6.29. The number of hydrogen-bond acceptors (Lipinski definition) is 5. The number of likely N-dealkylation sites (tertiary alicyclic amines) is 1. The first kappa shape index (κ1) is 21.6. The van der Waals surface area contributed by atoms with E-state index in [9.17, 15) is 4.79 Å². The van der Waals surface area contributed by atoms with E-state index in [4.69, 9.17) is 16.7 Å². The quantitative estimate of drug-likeness (QED) is 0.764. The predicted octanol–water partition coefficient (Wildman–Crippen LogP) is 2.65. The summed E-state index contributed by atoms with van der Waals surface area (Å²) >= 11 is 5.80. The SMILES string of the molecule is Cl.O=C(NCCO)c1ccc(CN2CCC(c3ccc(Cl)nn3)CC2)cc1. The molecule has 1 amide bonds. The van der Waals surface area contributed by atoms with Crippen molar-refractivity contribution in [2.75, 3.05) is 26.2 Å². The standard InChI is InChI=1S/C19H23ClN4O2.ClH/c20-18-6-5-17(22-23-18)15-7-10-24(11-8-15)13-14-1-3-16(4-2-14)19(26)21-9-12-25;/h1-6,15,25H,7-13H2,(H,21,26);1H. The molecule has 2 aromatic rings. The molecule has 0 atom stereocenters. The van der Waals surface area contributed by atoms with E-state index >= 15 is 0 Å². The number of hydrogen-bond donors (Lipinski definition) is 2. The van der Waals surface area contributed by atoms with Crippen LogP contribution in [-0.4, -0.2) is 52.4 Å². The van der Waals surface area contributed by atoms with Crippen LogP contribution in [0.5, 0.6) is 0 Å². The van der Waals surface area contributed by atoms with Crippen molar-refractivity contribution in [3.63, 3.8) is 0 Å². The van der Waals surface area contributed by atoms with E-state index in [2.05, 4.69) is 20.4 Å². The number of amides is 1. The second-order valence-electron chi connectivity index (χ2n) is 6.51. The fraction of sp³-hybridized carbons (Fsp3) is 0.421. The smallest absolute Gasteiger partial charge is 0.251 e. The van der Waals surface area contributed by atoms with Gasteiger partial charge in [0.05, 0.1) is 12.3 Å². The summed E-state index contributed by atoms with van der Waals surface area (Å²) in [5, 5.41) is 20.0. The number of aliphatic hydroxyl groups is 1. The summed E-state index contributed by atoms with van der Waals surface area (Å²) in [6, 6.07) is 11.4. The molecule has 0 saturated carbocycles. The Balaban J connectivity index is 0.00000261. The topological polar surface area (TPSA) is 78.4 Å². The van der Waals surface area contributed by atoms with Crippen LogP contribution in [0.1, 0.15) is 40.4 Å². The second-order valence-corrected chi connectivity index (χ2v) is 6.90. The highest BCUT2D eigenvalue weighted by Gasteiger charge is 2.22. The zero-order chi connectivity index (χ0) is 18.4. The lowest BCUT2D eigenvalue weighted by Gasteiger charge is -2.31. The number of halogens is 2. The zero-order valence-corrected chi connectivity index (χ0v) is 16.5. The molecule has 8 heteroatoms. The van der Waals surface area contributed by atoms with Gasteiger partial charge < -0.3 is 10.4 Å². The third-order valence-corrected chi connectivity index (χ3v) is 4.88. The van der Waals surface area contributed by atoms with E-state index < -0.39 is 0 Å². The van der Waals surface area contributed by atoms with Crippen LogP contribution in [-0.2, 0) is 6.54 Å². The van der Waals surface area contributed by atoms with Crippen molar-refractivity contribution in [3.8, 4) is 0 Å². The Morgan fingerprint density at radius 2 is 1.85 bits per heavy atom. The molecular formula is C19H24Cl2N4O2.